The Balaban J connectivity index is 4.50. The Kier molecular flexibility index (Phi) is 5.60. The molecule has 0 saturated heterocycles. The van der Waals surface area contributed by atoms with Crippen LogP contribution in [-0.2, 0) is 14.3 Å². The third-order valence-electron chi connectivity index (χ3n) is 1.00. The summed E-state index contributed by atoms with van der Waals surface area (Å²) in [7, 11) is 0. The highest BCUT2D eigenvalue weighted by atomic mass is 80.0. The molecule has 1 unspecified atom stereocenters. The molecule has 0 fully saturated rings. The highest BCUT2D eigenvalue weighted by Crippen LogP contribution is 2.40. The van der Waals surface area contributed by atoms with Crippen LogP contribution in [0.3, 0.4) is 0 Å². The van der Waals surface area contributed by atoms with Gasteiger partial charge in [0.25, 0.3) is 0 Å². The van der Waals surface area contributed by atoms with E-state index in [-0.39, 0.29) is 0 Å². The standard InChI is InChI=1S/C8H13Br3O3/c1-5(12)13-6(8(9,10)11)14-7(2,3)4/h6H,1-4H3. The van der Waals surface area contributed by atoms with E-state index in [0.717, 1.165) is 0 Å². The number of carbonyl (C=O) groups is 1. The van der Waals surface area contributed by atoms with E-state index < -0.39 is 20.0 Å². The van der Waals surface area contributed by atoms with E-state index in [1.807, 2.05) is 20.8 Å². The van der Waals surface area contributed by atoms with Crippen LogP contribution < -0.4 is 0 Å². The van der Waals surface area contributed by atoms with Crippen LogP contribution in [0.4, 0.5) is 0 Å². The Morgan fingerprint density at radius 3 is 1.86 bits per heavy atom. The van der Waals surface area contributed by atoms with Crippen LogP contribution in [0.1, 0.15) is 27.7 Å². The average Bonchev–Trinajstić information content (AvgIpc) is 1.78. The van der Waals surface area contributed by atoms with Crippen LogP contribution in [0.5, 0.6) is 0 Å². The van der Waals surface area contributed by atoms with Crippen LogP contribution in [-0.4, -0.2) is 20.0 Å². The Bertz CT molecular complexity index is 205. The van der Waals surface area contributed by atoms with Gasteiger partial charge < -0.3 is 9.47 Å². The second-order valence-electron chi connectivity index (χ2n) is 3.71. The van der Waals surface area contributed by atoms with Gasteiger partial charge in [-0.2, -0.15) is 0 Å². The molecule has 0 aliphatic rings. The molecule has 1 atom stereocenters. The number of alkyl halides is 3. The first-order valence-electron chi connectivity index (χ1n) is 3.94. The van der Waals surface area contributed by atoms with Gasteiger partial charge in [-0.25, -0.2) is 0 Å². The number of hydrogen-bond acceptors (Lipinski definition) is 3. The predicted molar refractivity (Wildman–Crippen MR) is 65.9 cm³/mol. The van der Waals surface area contributed by atoms with Gasteiger partial charge in [-0.1, -0.05) is 47.8 Å². The normalized spacial score (nSPS) is 15.1. The summed E-state index contributed by atoms with van der Waals surface area (Å²) in [5, 5.41) is 0. The van der Waals surface area contributed by atoms with E-state index in [9.17, 15) is 4.79 Å². The molecular formula is C8H13Br3O3. The molecule has 0 spiro atoms. The zero-order chi connectivity index (χ0) is 11.6. The number of esters is 1. The van der Waals surface area contributed by atoms with Crippen molar-refractivity contribution in [1.82, 2.24) is 0 Å². The topological polar surface area (TPSA) is 35.5 Å². The molecule has 0 rings (SSSR count). The van der Waals surface area contributed by atoms with Gasteiger partial charge in [0.1, 0.15) is 0 Å². The first-order chi connectivity index (χ1) is 6.02. The minimum Gasteiger partial charge on any atom is -0.432 e. The third-order valence-corrected chi connectivity index (χ3v) is 2.12. The van der Waals surface area contributed by atoms with Gasteiger partial charge in [0.15, 0.2) is 2.14 Å². The van der Waals surface area contributed by atoms with Gasteiger partial charge in [-0.3, -0.25) is 4.79 Å². The molecule has 0 N–H and O–H groups in total. The summed E-state index contributed by atoms with van der Waals surface area (Å²) < 4.78 is 9.75. The maximum atomic E-state index is 10.8. The lowest BCUT2D eigenvalue weighted by Gasteiger charge is -2.31. The van der Waals surface area contributed by atoms with E-state index in [0.29, 0.717) is 0 Å². The number of hydrogen-bond donors (Lipinski definition) is 0. The molecule has 0 aliphatic heterocycles. The van der Waals surface area contributed by atoms with Gasteiger partial charge in [0.2, 0.25) is 6.29 Å². The third kappa shape index (κ3) is 7.20. The van der Waals surface area contributed by atoms with E-state index >= 15 is 0 Å². The van der Waals surface area contributed by atoms with Gasteiger partial charge in [-0.15, -0.1) is 0 Å². The van der Waals surface area contributed by atoms with E-state index in [4.69, 9.17) is 9.47 Å². The fourth-order valence-corrected chi connectivity index (χ4v) is 1.19. The molecule has 14 heavy (non-hydrogen) atoms. The average molecular weight is 397 g/mol. The van der Waals surface area contributed by atoms with Gasteiger partial charge in [0.05, 0.1) is 5.60 Å². The monoisotopic (exact) mass is 394 g/mol. The minimum atomic E-state index is -0.772. The van der Waals surface area contributed by atoms with Crippen LogP contribution in [0, 0.1) is 0 Å². The molecule has 0 saturated carbocycles. The molecule has 0 aromatic heterocycles. The first-order valence-corrected chi connectivity index (χ1v) is 6.32. The lowest BCUT2D eigenvalue weighted by atomic mass is 10.2. The zero-order valence-corrected chi connectivity index (χ0v) is 13.2. The lowest BCUT2D eigenvalue weighted by Crippen LogP contribution is -2.38. The SMILES string of the molecule is CC(=O)OC(OC(C)(C)C)C(Br)(Br)Br. The molecule has 84 valence electrons. The number of rotatable bonds is 2. The van der Waals surface area contributed by atoms with Crippen molar-refractivity contribution in [2.75, 3.05) is 0 Å². The fourth-order valence-electron chi connectivity index (χ4n) is 0.630. The second kappa shape index (κ2) is 5.27. The Morgan fingerprint density at radius 2 is 1.64 bits per heavy atom. The first kappa shape index (κ1) is 14.9. The summed E-state index contributed by atoms with van der Waals surface area (Å²) in [5.74, 6) is -0.401. The van der Waals surface area contributed by atoms with Crippen molar-refractivity contribution >= 4 is 53.8 Å². The van der Waals surface area contributed by atoms with Gasteiger partial charge in [-0.05, 0) is 20.8 Å². The summed E-state index contributed by atoms with van der Waals surface area (Å²) in [6.45, 7) is 6.96. The van der Waals surface area contributed by atoms with E-state index in [1.54, 1.807) is 0 Å². The van der Waals surface area contributed by atoms with Crippen molar-refractivity contribution in [1.29, 1.82) is 0 Å². The molecule has 0 radical (unpaired) electrons. The van der Waals surface area contributed by atoms with E-state index in [2.05, 4.69) is 47.8 Å². The Morgan fingerprint density at radius 1 is 1.21 bits per heavy atom. The quantitative estimate of drug-likeness (QED) is 0.407. The molecule has 0 heterocycles. The van der Waals surface area contributed by atoms with Crippen LogP contribution in [0.15, 0.2) is 0 Å². The number of carbonyl (C=O) groups excluding carboxylic acids is 1. The molecule has 0 aliphatic carbocycles. The van der Waals surface area contributed by atoms with Crippen molar-refractivity contribution in [3.05, 3.63) is 0 Å². The summed E-state index contributed by atoms with van der Waals surface area (Å²) in [5.41, 5.74) is -0.402. The molecule has 3 nitrogen and oxygen atoms in total. The van der Waals surface area contributed by atoms with Gasteiger partial charge >= 0.3 is 5.97 Å². The van der Waals surface area contributed by atoms with Crippen LogP contribution >= 0.6 is 47.8 Å². The molecule has 0 bridgehead atoms. The highest BCUT2D eigenvalue weighted by molar-refractivity contribution is 9.39. The smallest absolute Gasteiger partial charge is 0.305 e. The van der Waals surface area contributed by atoms with Crippen LogP contribution in [0.25, 0.3) is 0 Å². The van der Waals surface area contributed by atoms with Crippen molar-refractivity contribution < 1.29 is 14.3 Å². The molecular weight excluding hydrogens is 384 g/mol. The van der Waals surface area contributed by atoms with E-state index in [1.165, 1.54) is 6.92 Å². The summed E-state index contributed by atoms with van der Waals surface area (Å²) >= 11 is 9.77. The Labute approximate surface area is 109 Å². The molecule has 0 amide bonds. The molecule has 0 aromatic carbocycles. The lowest BCUT2D eigenvalue weighted by molar-refractivity contribution is -0.196. The molecule has 0 aromatic rings. The predicted octanol–water partition coefficient (Wildman–Crippen LogP) is 3.53. The Hall–Kier alpha value is 0.870. The van der Waals surface area contributed by atoms with Crippen molar-refractivity contribution in [2.24, 2.45) is 0 Å². The van der Waals surface area contributed by atoms with Crippen LogP contribution in [0.2, 0.25) is 0 Å². The van der Waals surface area contributed by atoms with Crippen molar-refractivity contribution in [3.8, 4) is 0 Å². The number of ether oxygens (including phenoxy) is 2. The maximum Gasteiger partial charge on any atom is 0.305 e. The van der Waals surface area contributed by atoms with Crippen molar-refractivity contribution in [2.45, 2.75) is 41.7 Å². The van der Waals surface area contributed by atoms with Crippen molar-refractivity contribution in [3.63, 3.8) is 0 Å². The summed E-state index contributed by atoms with van der Waals surface area (Å²) in [4.78, 5) is 10.8. The molecule has 6 heteroatoms. The minimum absolute atomic E-state index is 0.401. The number of halogens is 3. The highest BCUT2D eigenvalue weighted by Gasteiger charge is 2.37. The zero-order valence-electron chi connectivity index (χ0n) is 8.44. The fraction of sp³-hybridized carbons (Fsp3) is 0.875. The summed E-state index contributed by atoms with van der Waals surface area (Å²) in [6, 6.07) is 0. The largest absolute Gasteiger partial charge is 0.432 e. The van der Waals surface area contributed by atoms with Gasteiger partial charge in [0, 0.05) is 6.92 Å². The second-order valence-corrected chi connectivity index (χ2v) is 10.7. The summed E-state index contributed by atoms with van der Waals surface area (Å²) in [6.07, 6.45) is -0.750. The maximum absolute atomic E-state index is 10.8.